The molecule has 0 spiro atoms. The number of nitrogens with zero attached hydrogens (tertiary/aromatic N) is 4. The summed E-state index contributed by atoms with van der Waals surface area (Å²) in [6.07, 6.45) is 6.72. The molecule has 4 heterocycles. The Bertz CT molecular complexity index is 1240. The Morgan fingerprint density at radius 1 is 1.11 bits per heavy atom. The predicted octanol–water partition coefficient (Wildman–Crippen LogP) is 3.89. The van der Waals surface area contributed by atoms with Crippen molar-refractivity contribution in [2.75, 3.05) is 26.2 Å². The van der Waals surface area contributed by atoms with Crippen molar-refractivity contribution in [2.24, 2.45) is 0 Å². The summed E-state index contributed by atoms with van der Waals surface area (Å²) in [6, 6.07) is 10.2. The van der Waals surface area contributed by atoms with E-state index in [1.54, 1.807) is 4.90 Å². The van der Waals surface area contributed by atoms with Crippen LogP contribution in [0.15, 0.2) is 36.5 Å². The van der Waals surface area contributed by atoms with Gasteiger partial charge in [0.25, 0.3) is 5.91 Å². The third-order valence-corrected chi connectivity index (χ3v) is 7.79. The lowest BCUT2D eigenvalue weighted by Crippen LogP contribution is -2.51. The predicted molar refractivity (Wildman–Crippen MR) is 136 cm³/mol. The van der Waals surface area contributed by atoms with Gasteiger partial charge in [-0.3, -0.25) is 9.59 Å². The number of aromatic amines is 1. The highest BCUT2D eigenvalue weighted by Crippen LogP contribution is 2.23. The number of alkyl halides is 2. The average Bonchev–Trinajstić information content (AvgIpc) is 3.51. The SMILES string of the molecule is Cc1cc(C(=O)N2CCC(N3CCC(NC(=O)CCc4c[nH]c5ccccc45)CC3)CC2)nn1C(F)F. The van der Waals surface area contributed by atoms with Crippen LogP contribution in [-0.4, -0.2) is 74.6 Å². The number of likely N-dealkylation sites (tertiary alicyclic amines) is 2. The van der Waals surface area contributed by atoms with Crippen molar-refractivity contribution in [1.29, 1.82) is 0 Å². The van der Waals surface area contributed by atoms with Crippen LogP contribution in [0.2, 0.25) is 0 Å². The van der Waals surface area contributed by atoms with Crippen LogP contribution in [0.4, 0.5) is 8.78 Å². The van der Waals surface area contributed by atoms with E-state index in [2.05, 4.69) is 26.4 Å². The topological polar surface area (TPSA) is 86.3 Å². The van der Waals surface area contributed by atoms with Gasteiger partial charge in [0.05, 0.1) is 0 Å². The van der Waals surface area contributed by atoms with Crippen LogP contribution in [-0.2, 0) is 11.2 Å². The molecule has 5 rings (SSSR count). The number of aromatic nitrogens is 3. The van der Waals surface area contributed by atoms with E-state index in [1.807, 2.05) is 24.4 Å². The van der Waals surface area contributed by atoms with Crippen LogP contribution in [0.25, 0.3) is 10.9 Å². The minimum absolute atomic E-state index is 0.0810. The minimum atomic E-state index is -2.75. The minimum Gasteiger partial charge on any atom is -0.361 e. The second-order valence-corrected chi connectivity index (χ2v) is 10.2. The summed E-state index contributed by atoms with van der Waals surface area (Å²) in [4.78, 5) is 32.8. The number of piperidine rings is 2. The maximum atomic E-state index is 13.0. The molecular formula is C27H34F2N6O2. The lowest BCUT2D eigenvalue weighted by atomic mass is 9.97. The number of benzene rings is 1. The molecule has 0 radical (unpaired) electrons. The summed E-state index contributed by atoms with van der Waals surface area (Å²) in [5, 5.41) is 8.19. The normalized spacial score (nSPS) is 18.1. The Hall–Kier alpha value is -3.27. The van der Waals surface area contributed by atoms with Crippen LogP contribution < -0.4 is 5.32 Å². The van der Waals surface area contributed by atoms with Gasteiger partial charge in [-0.2, -0.15) is 13.9 Å². The van der Waals surface area contributed by atoms with Gasteiger partial charge in [0.2, 0.25) is 5.91 Å². The van der Waals surface area contributed by atoms with Crippen molar-refractivity contribution in [2.45, 2.75) is 64.1 Å². The highest BCUT2D eigenvalue weighted by molar-refractivity contribution is 5.92. The fourth-order valence-corrected chi connectivity index (χ4v) is 5.68. The maximum absolute atomic E-state index is 13.0. The largest absolute Gasteiger partial charge is 0.361 e. The zero-order chi connectivity index (χ0) is 25.9. The molecule has 10 heteroatoms. The van der Waals surface area contributed by atoms with Crippen molar-refractivity contribution >= 4 is 22.7 Å². The van der Waals surface area contributed by atoms with Crippen LogP contribution >= 0.6 is 0 Å². The molecule has 0 atom stereocenters. The molecule has 0 bridgehead atoms. The molecule has 2 aliphatic rings. The monoisotopic (exact) mass is 512 g/mol. The molecule has 2 aromatic heterocycles. The van der Waals surface area contributed by atoms with Crippen LogP contribution in [0.1, 0.15) is 60.4 Å². The molecule has 2 fully saturated rings. The third kappa shape index (κ3) is 5.69. The van der Waals surface area contributed by atoms with Gasteiger partial charge < -0.3 is 20.1 Å². The fourth-order valence-electron chi connectivity index (χ4n) is 5.68. The first kappa shape index (κ1) is 25.4. The van der Waals surface area contributed by atoms with E-state index in [4.69, 9.17) is 0 Å². The number of aryl methyl sites for hydroxylation is 2. The smallest absolute Gasteiger partial charge is 0.333 e. The summed E-state index contributed by atoms with van der Waals surface area (Å²) in [7, 11) is 0. The number of rotatable bonds is 7. The Kier molecular flexibility index (Phi) is 7.55. The molecule has 2 saturated heterocycles. The van der Waals surface area contributed by atoms with E-state index in [-0.39, 0.29) is 29.2 Å². The molecule has 8 nitrogen and oxygen atoms in total. The van der Waals surface area contributed by atoms with Crippen molar-refractivity contribution in [3.8, 4) is 0 Å². The molecule has 2 aliphatic heterocycles. The van der Waals surface area contributed by atoms with E-state index < -0.39 is 6.55 Å². The highest BCUT2D eigenvalue weighted by atomic mass is 19.3. The van der Waals surface area contributed by atoms with Gasteiger partial charge in [-0.05, 0) is 56.7 Å². The number of hydrogen-bond acceptors (Lipinski definition) is 4. The number of hydrogen-bond donors (Lipinski definition) is 2. The van der Waals surface area contributed by atoms with E-state index in [0.29, 0.717) is 36.7 Å². The lowest BCUT2D eigenvalue weighted by molar-refractivity contribution is -0.122. The second-order valence-electron chi connectivity index (χ2n) is 10.2. The number of carbonyl (C=O) groups excluding carboxylic acids is 2. The molecule has 3 aromatic rings. The van der Waals surface area contributed by atoms with E-state index in [0.717, 1.165) is 44.3 Å². The number of carbonyl (C=O) groups is 2. The van der Waals surface area contributed by atoms with Crippen molar-refractivity contribution in [3.05, 3.63) is 53.5 Å². The molecule has 0 aliphatic carbocycles. The Labute approximate surface area is 215 Å². The molecule has 198 valence electrons. The average molecular weight is 513 g/mol. The van der Waals surface area contributed by atoms with Crippen LogP contribution in [0.3, 0.4) is 0 Å². The van der Waals surface area contributed by atoms with Crippen LogP contribution in [0.5, 0.6) is 0 Å². The van der Waals surface area contributed by atoms with Crippen LogP contribution in [0, 0.1) is 6.92 Å². The number of nitrogens with one attached hydrogen (secondary N) is 2. The molecule has 2 N–H and O–H groups in total. The summed E-state index contributed by atoms with van der Waals surface area (Å²) in [6.45, 7) is 1.80. The number of H-pyrrole nitrogens is 1. The molecule has 2 amide bonds. The van der Waals surface area contributed by atoms with Crippen molar-refractivity contribution in [1.82, 2.24) is 29.9 Å². The molecule has 37 heavy (non-hydrogen) atoms. The molecule has 0 unspecified atom stereocenters. The van der Waals surface area contributed by atoms with Crippen molar-refractivity contribution in [3.63, 3.8) is 0 Å². The summed E-state index contributed by atoms with van der Waals surface area (Å²) < 4.78 is 26.6. The Morgan fingerprint density at radius 3 is 2.54 bits per heavy atom. The van der Waals surface area contributed by atoms with Crippen molar-refractivity contribution < 1.29 is 18.4 Å². The standard InChI is InChI=1S/C27H34F2N6O2/c1-18-16-24(32-35(18)27(28)29)26(37)34-14-10-21(11-15-34)33-12-8-20(9-13-33)31-25(36)7-6-19-17-30-23-5-3-2-4-22(19)23/h2-5,16-17,20-21,27,30H,6-15H2,1H3,(H,31,36). The maximum Gasteiger partial charge on any atom is 0.333 e. The number of para-hydroxylation sites is 1. The van der Waals surface area contributed by atoms with Gasteiger partial charge in [-0.1, -0.05) is 18.2 Å². The Balaban J connectivity index is 1.04. The zero-order valence-corrected chi connectivity index (χ0v) is 21.1. The fraction of sp³-hybridized carbons (Fsp3) is 0.519. The summed E-state index contributed by atoms with van der Waals surface area (Å²) >= 11 is 0. The Morgan fingerprint density at radius 2 is 1.84 bits per heavy atom. The lowest BCUT2D eigenvalue weighted by Gasteiger charge is -2.41. The number of halogens is 2. The van der Waals surface area contributed by atoms with Gasteiger partial charge in [-0.25, -0.2) is 4.68 Å². The highest BCUT2D eigenvalue weighted by Gasteiger charge is 2.31. The van der Waals surface area contributed by atoms with E-state index >= 15 is 0 Å². The van der Waals surface area contributed by atoms with Gasteiger partial charge in [0, 0.05) is 67.5 Å². The molecule has 0 saturated carbocycles. The number of amides is 2. The summed E-state index contributed by atoms with van der Waals surface area (Å²) in [5.41, 5.74) is 2.62. The van der Waals surface area contributed by atoms with Gasteiger partial charge in [0.15, 0.2) is 5.69 Å². The quantitative estimate of drug-likeness (QED) is 0.503. The second kappa shape index (κ2) is 11.0. The number of fused-ring (bicyclic) bond motifs is 1. The zero-order valence-electron chi connectivity index (χ0n) is 21.1. The van der Waals surface area contributed by atoms with E-state index in [1.165, 1.54) is 23.9 Å². The molecule has 1 aromatic carbocycles. The first-order valence-electron chi connectivity index (χ1n) is 13.1. The first-order chi connectivity index (χ1) is 17.9. The van der Waals surface area contributed by atoms with Gasteiger partial charge >= 0.3 is 6.55 Å². The van der Waals surface area contributed by atoms with Gasteiger partial charge in [0.1, 0.15) is 0 Å². The van der Waals surface area contributed by atoms with E-state index in [9.17, 15) is 18.4 Å². The molecular weight excluding hydrogens is 478 g/mol. The summed E-state index contributed by atoms with van der Waals surface area (Å²) in [5.74, 6) is -0.185. The van der Waals surface area contributed by atoms with Gasteiger partial charge in [-0.15, -0.1) is 0 Å². The first-order valence-corrected chi connectivity index (χ1v) is 13.1. The third-order valence-electron chi connectivity index (χ3n) is 7.79.